The molecule has 0 saturated carbocycles. The lowest BCUT2D eigenvalue weighted by Crippen LogP contribution is -2.01. The molecule has 0 aliphatic carbocycles. The van der Waals surface area contributed by atoms with Crippen molar-refractivity contribution in [2.24, 2.45) is 0 Å². The average Bonchev–Trinajstić information content (AvgIpc) is 2.69. The second-order valence-electron chi connectivity index (χ2n) is 4.78. The van der Waals surface area contributed by atoms with Crippen LogP contribution in [0.2, 0.25) is 0 Å². The number of carbonyl (C=O) groups is 1. The fourth-order valence-electron chi connectivity index (χ4n) is 2.16. The molecule has 2 rings (SSSR count). The summed E-state index contributed by atoms with van der Waals surface area (Å²) >= 11 is 3.53. The van der Waals surface area contributed by atoms with E-state index in [2.05, 4.69) is 27.3 Å². The zero-order valence-corrected chi connectivity index (χ0v) is 13.2. The van der Waals surface area contributed by atoms with Crippen molar-refractivity contribution in [3.8, 4) is 0 Å². The van der Waals surface area contributed by atoms with Crippen LogP contribution < -0.4 is 5.32 Å². The summed E-state index contributed by atoms with van der Waals surface area (Å²) < 4.78 is 6.43. The number of benzene rings is 1. The molecule has 0 saturated heterocycles. The van der Waals surface area contributed by atoms with Gasteiger partial charge in [0.25, 0.3) is 0 Å². The highest BCUT2D eigenvalue weighted by Gasteiger charge is 2.14. The number of hydrogen-bond donors (Lipinski definition) is 2. The number of nitrogens with one attached hydrogen (secondary N) is 1. The average molecular weight is 338 g/mol. The van der Waals surface area contributed by atoms with Gasteiger partial charge in [-0.15, -0.1) is 0 Å². The van der Waals surface area contributed by atoms with Crippen LogP contribution in [0.3, 0.4) is 0 Å². The molecule has 20 heavy (non-hydrogen) atoms. The molecule has 4 nitrogen and oxygen atoms in total. The standard InChI is InChI=1S/C15H16BrNO3/c1-8-4-9(2)14(13(16)5-8)17-7-11-6-12(15(18)19)10(3)20-11/h4-6,17H,7H2,1-3H3,(H,18,19). The highest BCUT2D eigenvalue weighted by Crippen LogP contribution is 2.28. The Bertz CT molecular complexity index is 638. The first kappa shape index (κ1) is 14.7. The lowest BCUT2D eigenvalue weighted by molar-refractivity contribution is 0.0695. The number of carboxylic acid groups (broad SMARTS) is 1. The Morgan fingerprint density at radius 3 is 2.55 bits per heavy atom. The van der Waals surface area contributed by atoms with Crippen LogP contribution >= 0.6 is 15.9 Å². The molecule has 0 fully saturated rings. The van der Waals surface area contributed by atoms with E-state index in [-0.39, 0.29) is 5.56 Å². The fourth-order valence-corrected chi connectivity index (χ4v) is 2.97. The van der Waals surface area contributed by atoms with E-state index in [1.807, 2.05) is 19.9 Å². The third-order valence-corrected chi connectivity index (χ3v) is 3.70. The molecule has 0 amide bonds. The van der Waals surface area contributed by atoms with Crippen LogP contribution in [0.1, 0.15) is 33.0 Å². The summed E-state index contributed by atoms with van der Waals surface area (Å²) in [6, 6.07) is 5.68. The van der Waals surface area contributed by atoms with E-state index in [4.69, 9.17) is 9.52 Å². The minimum atomic E-state index is -0.967. The Hall–Kier alpha value is -1.75. The third-order valence-electron chi connectivity index (χ3n) is 3.07. The summed E-state index contributed by atoms with van der Waals surface area (Å²) in [6.07, 6.45) is 0. The molecule has 106 valence electrons. The molecule has 1 heterocycles. The Kier molecular flexibility index (Phi) is 4.18. The summed E-state index contributed by atoms with van der Waals surface area (Å²) in [7, 11) is 0. The van der Waals surface area contributed by atoms with Crippen molar-refractivity contribution in [2.75, 3.05) is 5.32 Å². The van der Waals surface area contributed by atoms with E-state index in [0.717, 1.165) is 15.7 Å². The van der Waals surface area contributed by atoms with Crippen LogP contribution in [-0.4, -0.2) is 11.1 Å². The van der Waals surface area contributed by atoms with Crippen LogP contribution in [0.15, 0.2) is 27.1 Å². The first-order valence-corrected chi connectivity index (χ1v) is 7.01. The lowest BCUT2D eigenvalue weighted by Gasteiger charge is -2.11. The highest BCUT2D eigenvalue weighted by molar-refractivity contribution is 9.10. The topological polar surface area (TPSA) is 62.5 Å². The number of furan rings is 1. The van der Waals surface area contributed by atoms with E-state index >= 15 is 0 Å². The minimum Gasteiger partial charge on any atom is -0.478 e. The first-order valence-electron chi connectivity index (χ1n) is 6.21. The predicted octanol–water partition coefficient (Wildman–Crippen LogP) is 4.28. The van der Waals surface area contributed by atoms with Gasteiger partial charge in [-0.05, 0) is 60.0 Å². The number of halogens is 1. The molecule has 1 aromatic heterocycles. The van der Waals surface area contributed by atoms with Gasteiger partial charge in [-0.3, -0.25) is 0 Å². The molecule has 0 atom stereocenters. The number of aryl methyl sites for hydroxylation is 3. The Balaban J connectivity index is 2.17. The van der Waals surface area contributed by atoms with Crippen molar-refractivity contribution >= 4 is 27.6 Å². The van der Waals surface area contributed by atoms with E-state index in [9.17, 15) is 4.79 Å². The zero-order valence-electron chi connectivity index (χ0n) is 11.6. The van der Waals surface area contributed by atoms with E-state index in [1.165, 1.54) is 5.56 Å². The van der Waals surface area contributed by atoms with Crippen LogP contribution in [0, 0.1) is 20.8 Å². The first-order chi connectivity index (χ1) is 9.38. The van der Waals surface area contributed by atoms with Crippen LogP contribution in [0.25, 0.3) is 0 Å². The summed E-state index contributed by atoms with van der Waals surface area (Å²) in [5.41, 5.74) is 3.50. The zero-order chi connectivity index (χ0) is 14.9. The molecule has 2 N–H and O–H groups in total. The Morgan fingerprint density at radius 2 is 2.00 bits per heavy atom. The maximum Gasteiger partial charge on any atom is 0.339 e. The van der Waals surface area contributed by atoms with E-state index in [1.54, 1.807) is 13.0 Å². The van der Waals surface area contributed by atoms with Gasteiger partial charge in [-0.25, -0.2) is 4.79 Å². The van der Waals surface area contributed by atoms with Crippen LogP contribution in [-0.2, 0) is 6.54 Å². The number of aromatic carboxylic acids is 1. The lowest BCUT2D eigenvalue weighted by atomic mass is 10.1. The van der Waals surface area contributed by atoms with Gasteiger partial charge in [0.05, 0.1) is 12.2 Å². The summed E-state index contributed by atoms with van der Waals surface area (Å²) in [6.45, 7) is 6.16. The molecular weight excluding hydrogens is 322 g/mol. The summed E-state index contributed by atoms with van der Waals surface area (Å²) in [4.78, 5) is 11.0. The monoisotopic (exact) mass is 337 g/mol. The van der Waals surface area contributed by atoms with Crippen molar-refractivity contribution < 1.29 is 14.3 Å². The number of rotatable bonds is 4. The van der Waals surface area contributed by atoms with Crippen molar-refractivity contribution in [1.29, 1.82) is 0 Å². The molecule has 0 aliphatic rings. The maximum absolute atomic E-state index is 11.0. The molecule has 2 aromatic rings. The smallest absolute Gasteiger partial charge is 0.339 e. The Morgan fingerprint density at radius 1 is 1.30 bits per heavy atom. The van der Waals surface area contributed by atoms with Crippen LogP contribution in [0.4, 0.5) is 5.69 Å². The SMILES string of the molecule is Cc1cc(C)c(NCc2cc(C(=O)O)c(C)o2)c(Br)c1. The second kappa shape index (κ2) is 5.71. The molecule has 0 aliphatic heterocycles. The second-order valence-corrected chi connectivity index (χ2v) is 5.63. The van der Waals surface area contributed by atoms with Gasteiger partial charge in [0.2, 0.25) is 0 Å². The third kappa shape index (κ3) is 3.04. The van der Waals surface area contributed by atoms with Crippen molar-refractivity contribution in [2.45, 2.75) is 27.3 Å². The van der Waals surface area contributed by atoms with Crippen molar-refractivity contribution in [3.63, 3.8) is 0 Å². The fraction of sp³-hybridized carbons (Fsp3) is 0.267. The van der Waals surface area contributed by atoms with E-state index in [0.29, 0.717) is 18.1 Å². The Labute approximate surface area is 125 Å². The molecule has 0 bridgehead atoms. The van der Waals surface area contributed by atoms with Gasteiger partial charge in [0.15, 0.2) is 0 Å². The van der Waals surface area contributed by atoms with Gasteiger partial charge in [-0.1, -0.05) is 6.07 Å². The highest BCUT2D eigenvalue weighted by atomic mass is 79.9. The van der Waals surface area contributed by atoms with Gasteiger partial charge in [0, 0.05) is 4.47 Å². The molecule has 1 aromatic carbocycles. The van der Waals surface area contributed by atoms with Gasteiger partial charge in [0.1, 0.15) is 17.1 Å². The number of carboxylic acids is 1. The van der Waals surface area contributed by atoms with Crippen LogP contribution in [0.5, 0.6) is 0 Å². The quantitative estimate of drug-likeness (QED) is 0.874. The molecule has 0 unspecified atom stereocenters. The molecular formula is C15H16BrNO3. The van der Waals surface area contributed by atoms with Gasteiger partial charge < -0.3 is 14.8 Å². The van der Waals surface area contributed by atoms with E-state index < -0.39 is 5.97 Å². The maximum atomic E-state index is 11.0. The van der Waals surface area contributed by atoms with Gasteiger partial charge in [-0.2, -0.15) is 0 Å². The van der Waals surface area contributed by atoms with Gasteiger partial charge >= 0.3 is 5.97 Å². The summed E-state index contributed by atoms with van der Waals surface area (Å²) in [5.74, 6) is 0.0611. The minimum absolute atomic E-state index is 0.210. The number of anilines is 1. The van der Waals surface area contributed by atoms with Crippen molar-refractivity contribution in [3.05, 3.63) is 50.9 Å². The molecule has 0 spiro atoms. The molecule has 5 heteroatoms. The normalized spacial score (nSPS) is 10.6. The van der Waals surface area contributed by atoms with Crippen molar-refractivity contribution in [1.82, 2.24) is 0 Å². The molecule has 0 radical (unpaired) electrons. The largest absolute Gasteiger partial charge is 0.478 e. The summed E-state index contributed by atoms with van der Waals surface area (Å²) in [5, 5.41) is 12.3. The predicted molar refractivity (Wildman–Crippen MR) is 81.3 cm³/mol. The number of hydrogen-bond acceptors (Lipinski definition) is 3.